The van der Waals surface area contributed by atoms with E-state index in [1.807, 2.05) is 46.8 Å². The van der Waals surface area contributed by atoms with E-state index < -0.39 is 28.5 Å². The molecule has 0 aliphatic carbocycles. The molecule has 0 fully saturated rings. The lowest BCUT2D eigenvalue weighted by Gasteiger charge is -2.32. The highest BCUT2D eigenvalue weighted by Crippen LogP contribution is 2.27. The molecule has 3 aromatic carbocycles. The Balaban J connectivity index is 2.07. The molecule has 0 bridgehead atoms. The lowest BCUT2D eigenvalue weighted by Crippen LogP contribution is -2.52. The van der Waals surface area contributed by atoms with E-state index in [4.69, 9.17) is 11.6 Å². The monoisotopic (exact) mass is 569 g/mol. The summed E-state index contributed by atoms with van der Waals surface area (Å²) >= 11 is 6.18. The van der Waals surface area contributed by atoms with Crippen LogP contribution in [0.1, 0.15) is 43.0 Å². The van der Waals surface area contributed by atoms with Gasteiger partial charge in [0.25, 0.3) is 10.0 Å². The third-order valence-corrected chi connectivity index (χ3v) is 8.25. The number of halogens is 1. The fraction of sp³-hybridized carbons (Fsp3) is 0.333. The minimum atomic E-state index is -4.11. The van der Waals surface area contributed by atoms with E-state index in [2.05, 4.69) is 5.32 Å². The zero-order valence-corrected chi connectivity index (χ0v) is 24.8. The maximum absolute atomic E-state index is 14.0. The number of nitrogens with one attached hydrogen (secondary N) is 1. The van der Waals surface area contributed by atoms with E-state index in [-0.39, 0.29) is 23.4 Å². The van der Waals surface area contributed by atoms with Crippen molar-refractivity contribution in [2.45, 2.75) is 65.1 Å². The molecule has 0 saturated carbocycles. The number of anilines is 1. The average molecular weight is 570 g/mol. The van der Waals surface area contributed by atoms with Crippen LogP contribution in [0.15, 0.2) is 71.6 Å². The Morgan fingerprint density at radius 2 is 1.49 bits per heavy atom. The van der Waals surface area contributed by atoms with Crippen LogP contribution in [0.25, 0.3) is 0 Å². The summed E-state index contributed by atoms with van der Waals surface area (Å²) in [6.07, 6.45) is 0. The van der Waals surface area contributed by atoms with E-state index in [0.29, 0.717) is 10.7 Å². The maximum Gasteiger partial charge on any atom is 0.264 e. The normalized spacial score (nSPS) is 12.2. The van der Waals surface area contributed by atoms with Gasteiger partial charge in [0.2, 0.25) is 11.8 Å². The predicted molar refractivity (Wildman–Crippen MR) is 156 cm³/mol. The summed E-state index contributed by atoms with van der Waals surface area (Å²) in [4.78, 5) is 28.4. The molecular weight excluding hydrogens is 534 g/mol. The minimum absolute atomic E-state index is 0.0760. The smallest absolute Gasteiger partial charge is 0.264 e. The highest BCUT2D eigenvalue weighted by atomic mass is 35.5. The van der Waals surface area contributed by atoms with Crippen LogP contribution in [-0.4, -0.2) is 43.8 Å². The van der Waals surface area contributed by atoms with Gasteiger partial charge in [-0.3, -0.25) is 13.9 Å². The molecule has 0 saturated heterocycles. The fourth-order valence-electron chi connectivity index (χ4n) is 4.28. The van der Waals surface area contributed by atoms with Gasteiger partial charge in [-0.15, -0.1) is 0 Å². The number of carbonyl (C=O) groups is 2. The summed E-state index contributed by atoms with van der Waals surface area (Å²) in [7, 11) is -4.11. The van der Waals surface area contributed by atoms with Crippen molar-refractivity contribution in [1.82, 2.24) is 10.2 Å². The summed E-state index contributed by atoms with van der Waals surface area (Å²) in [5.41, 5.74) is 3.74. The van der Waals surface area contributed by atoms with E-state index in [0.717, 1.165) is 26.6 Å². The largest absolute Gasteiger partial charge is 0.352 e. The van der Waals surface area contributed by atoms with Crippen LogP contribution in [0.4, 0.5) is 5.69 Å². The molecule has 0 radical (unpaired) electrons. The Kier molecular flexibility index (Phi) is 9.80. The number of hydrogen-bond acceptors (Lipinski definition) is 4. The van der Waals surface area contributed by atoms with Crippen molar-refractivity contribution in [1.29, 1.82) is 0 Å². The first kappa shape index (κ1) is 30.2. The standard InChI is InChI=1S/C30H36ClN3O4S/c1-20(2)32-30(36)24(6)33(18-25-8-7-9-26(31)17-25)29(35)19-34(27-15-22(4)14-23(5)16-27)39(37,38)28-12-10-21(3)11-13-28/h7-17,20,24H,18-19H2,1-6H3,(H,32,36)/t24-/m1/s1. The number of amides is 2. The SMILES string of the molecule is Cc1ccc(S(=O)(=O)N(CC(=O)N(Cc2cccc(Cl)c2)[C@H](C)C(=O)NC(C)C)c2cc(C)cc(C)c2)cc1. The van der Waals surface area contributed by atoms with Gasteiger partial charge in [-0.05, 0) is 94.6 Å². The first-order valence-electron chi connectivity index (χ1n) is 12.8. The molecule has 208 valence electrons. The van der Waals surface area contributed by atoms with Crippen LogP contribution < -0.4 is 9.62 Å². The predicted octanol–water partition coefficient (Wildman–Crippen LogP) is 5.40. The maximum atomic E-state index is 14.0. The van der Waals surface area contributed by atoms with Gasteiger partial charge in [-0.2, -0.15) is 0 Å². The second-order valence-corrected chi connectivity index (χ2v) is 12.5. The zero-order valence-electron chi connectivity index (χ0n) is 23.2. The summed E-state index contributed by atoms with van der Waals surface area (Å²) in [5, 5.41) is 3.34. The van der Waals surface area contributed by atoms with Gasteiger partial charge >= 0.3 is 0 Å². The minimum Gasteiger partial charge on any atom is -0.352 e. The van der Waals surface area contributed by atoms with E-state index in [1.165, 1.54) is 17.0 Å². The fourth-order valence-corrected chi connectivity index (χ4v) is 5.89. The lowest BCUT2D eigenvalue weighted by molar-refractivity contribution is -0.139. The van der Waals surface area contributed by atoms with Crippen LogP contribution in [0.3, 0.4) is 0 Å². The number of carbonyl (C=O) groups excluding carboxylic acids is 2. The van der Waals surface area contributed by atoms with Crippen LogP contribution in [-0.2, 0) is 26.2 Å². The number of rotatable bonds is 10. The Hall–Kier alpha value is -3.36. The Morgan fingerprint density at radius 3 is 2.05 bits per heavy atom. The molecule has 1 N–H and O–H groups in total. The summed E-state index contributed by atoms with van der Waals surface area (Å²) < 4.78 is 29.0. The molecule has 3 rings (SSSR count). The molecule has 0 heterocycles. The van der Waals surface area contributed by atoms with Crippen molar-refractivity contribution in [3.05, 3.63) is 94.0 Å². The van der Waals surface area contributed by atoms with E-state index in [9.17, 15) is 18.0 Å². The summed E-state index contributed by atoms with van der Waals surface area (Å²) in [6, 6.07) is 18.0. The molecule has 1 atom stereocenters. The van der Waals surface area contributed by atoms with Gasteiger partial charge in [0.05, 0.1) is 10.6 Å². The number of sulfonamides is 1. The zero-order chi connectivity index (χ0) is 28.9. The van der Waals surface area contributed by atoms with Crippen molar-refractivity contribution in [3.8, 4) is 0 Å². The lowest BCUT2D eigenvalue weighted by atomic mass is 10.1. The molecule has 9 heteroatoms. The van der Waals surface area contributed by atoms with Gasteiger partial charge < -0.3 is 10.2 Å². The van der Waals surface area contributed by atoms with Gasteiger partial charge in [-0.1, -0.05) is 47.5 Å². The molecule has 0 unspecified atom stereocenters. The summed E-state index contributed by atoms with van der Waals surface area (Å²) in [5.74, 6) is -0.851. The quantitative estimate of drug-likeness (QED) is 0.354. The van der Waals surface area contributed by atoms with Crippen molar-refractivity contribution in [2.75, 3.05) is 10.8 Å². The molecule has 2 amide bonds. The number of hydrogen-bond donors (Lipinski definition) is 1. The second kappa shape index (κ2) is 12.7. The Labute approximate surface area is 236 Å². The molecule has 39 heavy (non-hydrogen) atoms. The molecule has 0 aliphatic heterocycles. The third kappa shape index (κ3) is 7.83. The van der Waals surface area contributed by atoms with Crippen LogP contribution in [0.2, 0.25) is 5.02 Å². The summed E-state index contributed by atoms with van der Waals surface area (Å²) in [6.45, 7) is 10.5. The van der Waals surface area contributed by atoms with Crippen molar-refractivity contribution in [3.63, 3.8) is 0 Å². The first-order chi connectivity index (χ1) is 18.3. The van der Waals surface area contributed by atoms with Crippen LogP contribution in [0, 0.1) is 20.8 Å². The van der Waals surface area contributed by atoms with Gasteiger partial charge in [0.15, 0.2) is 0 Å². The molecule has 3 aromatic rings. The van der Waals surface area contributed by atoms with E-state index >= 15 is 0 Å². The molecular formula is C30H36ClN3O4S. The topological polar surface area (TPSA) is 86.8 Å². The van der Waals surface area contributed by atoms with Crippen molar-refractivity contribution >= 4 is 39.1 Å². The molecule has 7 nitrogen and oxygen atoms in total. The molecule has 0 spiro atoms. The van der Waals surface area contributed by atoms with Crippen LogP contribution >= 0.6 is 11.6 Å². The van der Waals surface area contributed by atoms with Gasteiger partial charge in [0, 0.05) is 17.6 Å². The van der Waals surface area contributed by atoms with Crippen LogP contribution in [0.5, 0.6) is 0 Å². The van der Waals surface area contributed by atoms with Gasteiger partial charge in [0.1, 0.15) is 12.6 Å². The molecule has 0 aliphatic rings. The van der Waals surface area contributed by atoms with Gasteiger partial charge in [-0.25, -0.2) is 8.42 Å². The van der Waals surface area contributed by atoms with Crippen molar-refractivity contribution in [2.24, 2.45) is 0 Å². The Bertz CT molecular complexity index is 1420. The molecule has 0 aromatic heterocycles. The number of nitrogens with zero attached hydrogens (tertiary/aromatic N) is 2. The third-order valence-electron chi connectivity index (χ3n) is 6.22. The highest BCUT2D eigenvalue weighted by molar-refractivity contribution is 7.92. The second-order valence-electron chi connectivity index (χ2n) is 10.2. The van der Waals surface area contributed by atoms with E-state index in [1.54, 1.807) is 49.4 Å². The Morgan fingerprint density at radius 1 is 0.872 bits per heavy atom. The van der Waals surface area contributed by atoms with Crippen molar-refractivity contribution < 1.29 is 18.0 Å². The first-order valence-corrected chi connectivity index (χ1v) is 14.6. The number of benzene rings is 3. The highest BCUT2D eigenvalue weighted by Gasteiger charge is 2.32. The number of aryl methyl sites for hydroxylation is 3. The average Bonchev–Trinajstić information content (AvgIpc) is 2.84.